The molecule has 16 heavy (non-hydrogen) atoms. The van der Waals surface area contributed by atoms with Crippen LogP contribution in [0, 0.1) is 0 Å². The van der Waals surface area contributed by atoms with E-state index in [4.69, 9.17) is 16.7 Å². The van der Waals surface area contributed by atoms with E-state index >= 15 is 0 Å². The van der Waals surface area contributed by atoms with Gasteiger partial charge in [0.2, 0.25) is 0 Å². The van der Waals surface area contributed by atoms with Gasteiger partial charge >= 0.3 is 5.97 Å². The van der Waals surface area contributed by atoms with Crippen molar-refractivity contribution in [2.75, 3.05) is 0 Å². The molecule has 0 bridgehead atoms. The summed E-state index contributed by atoms with van der Waals surface area (Å²) in [4.78, 5) is 11.7. The fourth-order valence-corrected chi connectivity index (χ4v) is 2.46. The Balaban J connectivity index is 2.60. The molecule has 2 aromatic rings. The zero-order valence-electron chi connectivity index (χ0n) is 8.35. The molecule has 0 radical (unpaired) electrons. The minimum Gasteiger partial charge on any atom is -0.476 e. The zero-order valence-corrected chi connectivity index (χ0v) is 9.92. The van der Waals surface area contributed by atoms with Crippen LogP contribution in [0.2, 0.25) is 4.34 Å². The lowest BCUT2D eigenvalue weighted by Gasteiger charge is -2.00. The van der Waals surface area contributed by atoms with Gasteiger partial charge < -0.3 is 5.11 Å². The van der Waals surface area contributed by atoms with Gasteiger partial charge in [0.1, 0.15) is 5.69 Å². The molecule has 1 N–H and O–H groups in total. The first kappa shape index (κ1) is 11.1. The fourth-order valence-electron chi connectivity index (χ4n) is 1.36. The Kier molecular flexibility index (Phi) is 2.93. The maximum atomic E-state index is 11.0. The standard InChI is InChI=1S/C9H8ClN3O2S/c1-2-13-8(5-3-4-6(10)16-5)7(9(14)15)11-12-13/h3-4H,2H2,1H3,(H,14,15). The number of rotatable bonds is 3. The van der Waals surface area contributed by atoms with Gasteiger partial charge in [-0.3, -0.25) is 0 Å². The highest BCUT2D eigenvalue weighted by molar-refractivity contribution is 7.19. The molecule has 2 rings (SSSR count). The average molecular weight is 258 g/mol. The third-order valence-electron chi connectivity index (χ3n) is 2.04. The molecule has 2 heterocycles. The Hall–Kier alpha value is -1.40. The number of carboxylic acid groups (broad SMARTS) is 1. The molecule has 0 aliphatic carbocycles. The number of hydrogen-bond acceptors (Lipinski definition) is 4. The lowest BCUT2D eigenvalue weighted by atomic mass is 10.2. The van der Waals surface area contributed by atoms with Crippen LogP contribution in [-0.4, -0.2) is 26.1 Å². The van der Waals surface area contributed by atoms with E-state index in [9.17, 15) is 4.79 Å². The second-order valence-electron chi connectivity index (χ2n) is 3.01. The van der Waals surface area contributed by atoms with Gasteiger partial charge in [0.05, 0.1) is 9.21 Å². The van der Waals surface area contributed by atoms with Crippen molar-refractivity contribution < 1.29 is 9.90 Å². The molecule has 0 aliphatic rings. The van der Waals surface area contributed by atoms with Gasteiger partial charge in [-0.1, -0.05) is 16.8 Å². The number of thiophene rings is 1. The molecular formula is C9H8ClN3O2S. The van der Waals surface area contributed by atoms with Crippen molar-refractivity contribution in [2.24, 2.45) is 0 Å². The van der Waals surface area contributed by atoms with Gasteiger partial charge in [-0.15, -0.1) is 16.4 Å². The van der Waals surface area contributed by atoms with E-state index in [2.05, 4.69) is 10.3 Å². The van der Waals surface area contributed by atoms with Crippen LogP contribution in [0.5, 0.6) is 0 Å². The van der Waals surface area contributed by atoms with Gasteiger partial charge in [-0.2, -0.15) is 0 Å². The van der Waals surface area contributed by atoms with Crippen LogP contribution in [0.15, 0.2) is 12.1 Å². The fraction of sp³-hybridized carbons (Fsp3) is 0.222. The monoisotopic (exact) mass is 257 g/mol. The van der Waals surface area contributed by atoms with Crippen molar-refractivity contribution >= 4 is 28.9 Å². The van der Waals surface area contributed by atoms with E-state index in [1.165, 1.54) is 11.3 Å². The predicted octanol–water partition coefficient (Wildman–Crippen LogP) is 2.38. The summed E-state index contributed by atoms with van der Waals surface area (Å²) in [6, 6.07) is 3.49. The Morgan fingerprint density at radius 2 is 2.38 bits per heavy atom. The minimum atomic E-state index is -1.08. The highest BCUT2D eigenvalue weighted by atomic mass is 35.5. The maximum Gasteiger partial charge on any atom is 0.358 e. The summed E-state index contributed by atoms with van der Waals surface area (Å²) in [5, 5.41) is 16.4. The van der Waals surface area contributed by atoms with Crippen LogP contribution < -0.4 is 0 Å². The molecule has 0 fully saturated rings. The van der Waals surface area contributed by atoms with E-state index in [-0.39, 0.29) is 5.69 Å². The summed E-state index contributed by atoms with van der Waals surface area (Å²) in [5.74, 6) is -1.08. The summed E-state index contributed by atoms with van der Waals surface area (Å²) in [5.41, 5.74) is 0.465. The second kappa shape index (κ2) is 4.23. The van der Waals surface area contributed by atoms with Crippen LogP contribution in [-0.2, 0) is 6.54 Å². The quantitative estimate of drug-likeness (QED) is 0.917. The first-order chi connectivity index (χ1) is 7.63. The molecule has 0 saturated heterocycles. The van der Waals surface area contributed by atoms with Gasteiger partial charge in [-0.05, 0) is 19.1 Å². The number of carboxylic acids is 1. The summed E-state index contributed by atoms with van der Waals surface area (Å²) in [7, 11) is 0. The van der Waals surface area contributed by atoms with Crippen molar-refractivity contribution in [3.05, 3.63) is 22.2 Å². The summed E-state index contributed by atoms with van der Waals surface area (Å²) in [6.07, 6.45) is 0. The normalized spacial score (nSPS) is 10.6. The minimum absolute atomic E-state index is 0.0413. The average Bonchev–Trinajstić information content (AvgIpc) is 2.82. The smallest absolute Gasteiger partial charge is 0.358 e. The number of aromatic nitrogens is 3. The highest BCUT2D eigenvalue weighted by Gasteiger charge is 2.20. The molecule has 2 aromatic heterocycles. The Morgan fingerprint density at radius 1 is 1.62 bits per heavy atom. The van der Waals surface area contributed by atoms with Crippen molar-refractivity contribution in [3.63, 3.8) is 0 Å². The Morgan fingerprint density at radius 3 is 2.88 bits per heavy atom. The van der Waals surface area contributed by atoms with Gasteiger partial charge in [0, 0.05) is 6.54 Å². The molecule has 84 valence electrons. The van der Waals surface area contributed by atoms with Crippen LogP contribution >= 0.6 is 22.9 Å². The predicted molar refractivity (Wildman–Crippen MR) is 61.0 cm³/mol. The number of carbonyl (C=O) groups is 1. The van der Waals surface area contributed by atoms with Gasteiger partial charge in [0.15, 0.2) is 5.69 Å². The maximum absolute atomic E-state index is 11.0. The van der Waals surface area contributed by atoms with E-state index in [1.807, 2.05) is 6.92 Å². The summed E-state index contributed by atoms with van der Waals surface area (Å²) >= 11 is 7.13. The molecular weight excluding hydrogens is 250 g/mol. The number of hydrogen-bond donors (Lipinski definition) is 1. The van der Waals surface area contributed by atoms with Crippen LogP contribution in [0.25, 0.3) is 10.6 Å². The Bertz CT molecular complexity index is 535. The van der Waals surface area contributed by atoms with E-state index in [1.54, 1.807) is 16.8 Å². The van der Waals surface area contributed by atoms with Crippen molar-refractivity contribution in [1.29, 1.82) is 0 Å². The third-order valence-corrected chi connectivity index (χ3v) is 3.28. The lowest BCUT2D eigenvalue weighted by Crippen LogP contribution is -2.02. The third kappa shape index (κ3) is 1.81. The van der Waals surface area contributed by atoms with Crippen molar-refractivity contribution in [1.82, 2.24) is 15.0 Å². The van der Waals surface area contributed by atoms with Gasteiger partial charge in [0.25, 0.3) is 0 Å². The molecule has 0 saturated carbocycles. The summed E-state index contributed by atoms with van der Waals surface area (Å²) in [6.45, 7) is 2.43. The number of aromatic carboxylic acids is 1. The molecule has 0 aliphatic heterocycles. The first-order valence-corrected chi connectivity index (χ1v) is 5.75. The number of halogens is 1. The SMILES string of the molecule is CCn1nnc(C(=O)O)c1-c1ccc(Cl)s1. The van der Waals surface area contributed by atoms with Gasteiger partial charge in [-0.25, -0.2) is 9.48 Å². The van der Waals surface area contributed by atoms with E-state index in [0.29, 0.717) is 16.6 Å². The van der Waals surface area contributed by atoms with E-state index in [0.717, 1.165) is 4.88 Å². The van der Waals surface area contributed by atoms with Crippen LogP contribution in [0.3, 0.4) is 0 Å². The lowest BCUT2D eigenvalue weighted by molar-refractivity contribution is 0.0691. The molecule has 0 amide bonds. The molecule has 0 unspecified atom stereocenters. The van der Waals surface area contributed by atoms with Crippen molar-refractivity contribution in [3.8, 4) is 10.6 Å². The Labute approximate surface area is 100 Å². The number of nitrogens with zero attached hydrogens (tertiary/aromatic N) is 3. The molecule has 5 nitrogen and oxygen atoms in total. The highest BCUT2D eigenvalue weighted by Crippen LogP contribution is 2.32. The summed E-state index contributed by atoms with van der Waals surface area (Å²) < 4.78 is 2.15. The number of aryl methyl sites for hydroxylation is 1. The largest absolute Gasteiger partial charge is 0.476 e. The zero-order chi connectivity index (χ0) is 11.7. The van der Waals surface area contributed by atoms with Crippen LogP contribution in [0.4, 0.5) is 0 Å². The second-order valence-corrected chi connectivity index (χ2v) is 4.73. The topological polar surface area (TPSA) is 68.0 Å². The van der Waals surface area contributed by atoms with Crippen molar-refractivity contribution in [2.45, 2.75) is 13.5 Å². The molecule has 7 heteroatoms. The molecule has 0 atom stereocenters. The van der Waals surface area contributed by atoms with E-state index < -0.39 is 5.97 Å². The first-order valence-electron chi connectivity index (χ1n) is 4.56. The molecule has 0 aromatic carbocycles. The van der Waals surface area contributed by atoms with Crippen LogP contribution in [0.1, 0.15) is 17.4 Å². The molecule has 0 spiro atoms.